The molecular weight excluding hydrogens is 316 g/mol. The summed E-state index contributed by atoms with van der Waals surface area (Å²) in [6.45, 7) is 4.21. The highest BCUT2D eigenvalue weighted by molar-refractivity contribution is 7.90. The molecule has 1 heterocycles. The first-order chi connectivity index (χ1) is 9.80. The van der Waals surface area contributed by atoms with Gasteiger partial charge in [-0.1, -0.05) is 6.92 Å². The van der Waals surface area contributed by atoms with Gasteiger partial charge < -0.3 is 5.32 Å². The zero-order valence-electron chi connectivity index (χ0n) is 12.0. The van der Waals surface area contributed by atoms with E-state index in [4.69, 9.17) is 0 Å². The Hall–Kier alpha value is -1.23. The SMILES string of the molecule is CCNc1cc(S(=O)(=O)NCCS(=O)(=O)NCC)ccn1. The van der Waals surface area contributed by atoms with E-state index in [1.807, 2.05) is 6.92 Å². The molecule has 0 spiro atoms. The minimum absolute atomic E-state index is 0.0364. The van der Waals surface area contributed by atoms with Crippen molar-refractivity contribution in [2.45, 2.75) is 18.7 Å². The van der Waals surface area contributed by atoms with E-state index in [-0.39, 0.29) is 23.7 Å². The fraction of sp³-hybridized carbons (Fsp3) is 0.545. The van der Waals surface area contributed by atoms with Crippen molar-refractivity contribution in [3.05, 3.63) is 18.3 Å². The first kappa shape index (κ1) is 17.8. The predicted octanol–water partition coefficient (Wildman–Crippen LogP) is -0.269. The highest BCUT2D eigenvalue weighted by Crippen LogP contribution is 2.12. The van der Waals surface area contributed by atoms with Crippen LogP contribution in [-0.2, 0) is 20.0 Å². The Morgan fingerprint density at radius 3 is 2.43 bits per heavy atom. The van der Waals surface area contributed by atoms with Gasteiger partial charge in [-0.25, -0.2) is 31.3 Å². The number of nitrogens with one attached hydrogen (secondary N) is 3. The summed E-state index contributed by atoms with van der Waals surface area (Å²) in [6, 6.07) is 2.74. The van der Waals surface area contributed by atoms with Crippen LogP contribution in [0.15, 0.2) is 23.2 Å². The lowest BCUT2D eigenvalue weighted by atomic mass is 10.4. The van der Waals surface area contributed by atoms with Gasteiger partial charge in [-0.3, -0.25) is 0 Å². The molecule has 0 atom stereocenters. The van der Waals surface area contributed by atoms with Crippen LogP contribution in [0.5, 0.6) is 0 Å². The van der Waals surface area contributed by atoms with Crippen LogP contribution in [0.1, 0.15) is 13.8 Å². The molecule has 0 bridgehead atoms. The van der Waals surface area contributed by atoms with Crippen molar-refractivity contribution in [3.63, 3.8) is 0 Å². The summed E-state index contributed by atoms with van der Waals surface area (Å²) in [4.78, 5) is 4.01. The summed E-state index contributed by atoms with van der Waals surface area (Å²) in [5, 5.41) is 2.91. The molecule has 8 nitrogen and oxygen atoms in total. The number of sulfonamides is 2. The molecule has 0 radical (unpaired) electrons. The third kappa shape index (κ3) is 5.96. The largest absolute Gasteiger partial charge is 0.370 e. The normalized spacial score (nSPS) is 12.3. The average molecular weight is 336 g/mol. The average Bonchev–Trinajstić information content (AvgIpc) is 2.39. The van der Waals surface area contributed by atoms with Crippen molar-refractivity contribution >= 4 is 25.9 Å². The molecule has 0 aliphatic carbocycles. The molecule has 1 rings (SSSR count). The molecule has 0 amide bonds. The second kappa shape index (κ2) is 7.69. The molecule has 10 heteroatoms. The van der Waals surface area contributed by atoms with Gasteiger partial charge in [0.25, 0.3) is 0 Å². The fourth-order valence-corrected chi connectivity index (χ4v) is 3.67. The summed E-state index contributed by atoms with van der Waals surface area (Å²) in [6.07, 6.45) is 1.38. The minimum atomic E-state index is -3.76. The molecule has 0 unspecified atom stereocenters. The van der Waals surface area contributed by atoms with E-state index in [0.29, 0.717) is 12.4 Å². The maximum Gasteiger partial charge on any atom is 0.240 e. The Labute approximate surface area is 125 Å². The number of rotatable bonds is 9. The minimum Gasteiger partial charge on any atom is -0.370 e. The second-order valence-electron chi connectivity index (χ2n) is 4.12. The number of nitrogens with zero attached hydrogens (tertiary/aromatic N) is 1. The Morgan fingerprint density at radius 2 is 1.81 bits per heavy atom. The second-order valence-corrected chi connectivity index (χ2v) is 7.82. The molecule has 21 heavy (non-hydrogen) atoms. The first-order valence-electron chi connectivity index (χ1n) is 6.47. The number of hydrogen-bond acceptors (Lipinski definition) is 6. The number of hydrogen-bond donors (Lipinski definition) is 3. The number of aromatic nitrogens is 1. The Balaban J connectivity index is 2.72. The highest BCUT2D eigenvalue weighted by atomic mass is 32.2. The summed E-state index contributed by atoms with van der Waals surface area (Å²) in [5.74, 6) is 0.131. The van der Waals surface area contributed by atoms with E-state index in [2.05, 4.69) is 19.7 Å². The van der Waals surface area contributed by atoms with E-state index < -0.39 is 20.0 Å². The lowest BCUT2D eigenvalue weighted by Crippen LogP contribution is -2.34. The van der Waals surface area contributed by atoms with Crippen LogP contribution in [0, 0.1) is 0 Å². The maximum absolute atomic E-state index is 12.1. The van der Waals surface area contributed by atoms with Crippen LogP contribution < -0.4 is 14.8 Å². The van der Waals surface area contributed by atoms with Crippen LogP contribution in [-0.4, -0.2) is 47.2 Å². The highest BCUT2D eigenvalue weighted by Gasteiger charge is 2.16. The van der Waals surface area contributed by atoms with E-state index in [1.165, 1.54) is 18.3 Å². The van der Waals surface area contributed by atoms with Crippen LogP contribution in [0.4, 0.5) is 5.82 Å². The van der Waals surface area contributed by atoms with E-state index in [1.54, 1.807) is 6.92 Å². The van der Waals surface area contributed by atoms with Gasteiger partial charge in [0.15, 0.2) is 0 Å². The van der Waals surface area contributed by atoms with Crippen molar-refractivity contribution in [3.8, 4) is 0 Å². The Kier molecular flexibility index (Phi) is 6.52. The molecule has 120 valence electrons. The van der Waals surface area contributed by atoms with E-state index in [0.717, 1.165) is 0 Å². The van der Waals surface area contributed by atoms with Gasteiger partial charge in [-0.2, -0.15) is 0 Å². The Morgan fingerprint density at radius 1 is 1.10 bits per heavy atom. The molecule has 1 aromatic heterocycles. The number of pyridine rings is 1. The molecular formula is C11H20N4O4S2. The quantitative estimate of drug-likeness (QED) is 0.571. The summed E-state index contributed by atoms with van der Waals surface area (Å²) >= 11 is 0. The summed E-state index contributed by atoms with van der Waals surface area (Å²) in [5.41, 5.74) is 0. The molecule has 0 aliphatic heterocycles. The fourth-order valence-electron chi connectivity index (χ4n) is 1.54. The van der Waals surface area contributed by atoms with Gasteiger partial charge in [-0.05, 0) is 13.0 Å². The van der Waals surface area contributed by atoms with Gasteiger partial charge in [0.2, 0.25) is 20.0 Å². The summed E-state index contributed by atoms with van der Waals surface area (Å²) < 4.78 is 51.5. The van der Waals surface area contributed by atoms with Crippen molar-refractivity contribution in [1.29, 1.82) is 0 Å². The molecule has 3 N–H and O–H groups in total. The monoisotopic (exact) mass is 336 g/mol. The molecule has 0 saturated heterocycles. The Bertz CT molecular complexity index is 659. The standard InChI is InChI=1S/C11H20N4O4S2/c1-3-12-11-9-10(5-6-13-11)21(18,19)15-7-8-20(16,17)14-4-2/h5-6,9,14-15H,3-4,7-8H2,1-2H3,(H,12,13). The van der Waals surface area contributed by atoms with Gasteiger partial charge in [0.1, 0.15) is 5.82 Å². The lowest BCUT2D eigenvalue weighted by Gasteiger charge is -2.09. The van der Waals surface area contributed by atoms with Gasteiger partial charge in [0, 0.05) is 31.9 Å². The van der Waals surface area contributed by atoms with E-state index >= 15 is 0 Å². The summed E-state index contributed by atoms with van der Waals surface area (Å²) in [7, 11) is -7.22. The molecule has 1 aromatic rings. The first-order valence-corrected chi connectivity index (χ1v) is 9.61. The van der Waals surface area contributed by atoms with Crippen molar-refractivity contribution < 1.29 is 16.8 Å². The van der Waals surface area contributed by atoms with Crippen LogP contribution in [0.3, 0.4) is 0 Å². The molecule has 0 fully saturated rings. The van der Waals surface area contributed by atoms with Gasteiger partial charge >= 0.3 is 0 Å². The molecule has 0 aliphatic rings. The topological polar surface area (TPSA) is 117 Å². The van der Waals surface area contributed by atoms with E-state index in [9.17, 15) is 16.8 Å². The van der Waals surface area contributed by atoms with Crippen molar-refractivity contribution in [1.82, 2.24) is 14.4 Å². The molecule has 0 aromatic carbocycles. The zero-order chi connectivity index (χ0) is 15.9. The number of anilines is 1. The lowest BCUT2D eigenvalue weighted by molar-refractivity contribution is 0.576. The predicted molar refractivity (Wildman–Crippen MR) is 81.1 cm³/mol. The third-order valence-corrected chi connectivity index (χ3v) is 5.36. The van der Waals surface area contributed by atoms with Crippen LogP contribution in [0.2, 0.25) is 0 Å². The zero-order valence-corrected chi connectivity index (χ0v) is 13.6. The molecule has 0 saturated carbocycles. The van der Waals surface area contributed by atoms with Gasteiger partial charge in [0.05, 0.1) is 10.6 Å². The maximum atomic E-state index is 12.1. The van der Waals surface area contributed by atoms with Crippen LogP contribution >= 0.6 is 0 Å². The smallest absolute Gasteiger partial charge is 0.240 e. The van der Waals surface area contributed by atoms with Gasteiger partial charge in [-0.15, -0.1) is 0 Å². The van der Waals surface area contributed by atoms with Crippen molar-refractivity contribution in [2.24, 2.45) is 0 Å². The third-order valence-electron chi connectivity index (χ3n) is 2.43. The van der Waals surface area contributed by atoms with Crippen LogP contribution in [0.25, 0.3) is 0 Å². The van der Waals surface area contributed by atoms with Crippen molar-refractivity contribution in [2.75, 3.05) is 30.7 Å².